The molecule has 1 saturated heterocycles. The number of anilines is 1. The predicted molar refractivity (Wildman–Crippen MR) is 110 cm³/mol. The molecule has 5 nitrogen and oxygen atoms in total. The van der Waals surface area contributed by atoms with Crippen LogP contribution in [0.2, 0.25) is 0 Å². The van der Waals surface area contributed by atoms with Crippen molar-refractivity contribution in [2.24, 2.45) is 0 Å². The van der Waals surface area contributed by atoms with Gasteiger partial charge in [-0.05, 0) is 60.7 Å². The molecule has 4 rings (SSSR count). The molecule has 0 radical (unpaired) electrons. The third kappa shape index (κ3) is 4.68. The van der Waals surface area contributed by atoms with Crippen LogP contribution in [0, 0.1) is 11.6 Å². The second-order valence-electron chi connectivity index (χ2n) is 7.25. The lowest BCUT2D eigenvalue weighted by atomic mass is 10.1. The van der Waals surface area contributed by atoms with Crippen molar-refractivity contribution < 1.29 is 18.0 Å². The molecule has 7 heteroatoms. The topological polar surface area (TPSA) is 48.7 Å². The lowest BCUT2D eigenvalue weighted by Gasteiger charge is -2.39. The van der Waals surface area contributed by atoms with Gasteiger partial charge in [0.05, 0.1) is 12.3 Å². The molecule has 1 atom stereocenters. The van der Waals surface area contributed by atoms with E-state index >= 15 is 0 Å². The number of hydrogen-bond donors (Lipinski definition) is 1. The number of furan rings is 1. The summed E-state index contributed by atoms with van der Waals surface area (Å²) in [6, 6.07) is 15.6. The number of nitrogens with one attached hydrogen (secondary N) is 1. The molecule has 0 saturated carbocycles. The fourth-order valence-electron chi connectivity index (χ4n) is 3.73. The van der Waals surface area contributed by atoms with Gasteiger partial charge in [0.15, 0.2) is 0 Å². The average molecular weight is 411 g/mol. The third-order valence-corrected chi connectivity index (χ3v) is 5.38. The average Bonchev–Trinajstić information content (AvgIpc) is 3.30. The maximum absolute atomic E-state index is 13.2. The smallest absolute Gasteiger partial charge is 0.251 e. The van der Waals surface area contributed by atoms with E-state index in [-0.39, 0.29) is 23.6 Å². The van der Waals surface area contributed by atoms with Crippen LogP contribution in [0.5, 0.6) is 0 Å². The largest absolute Gasteiger partial charge is 0.468 e. The Kier molecular flexibility index (Phi) is 6.09. The first-order valence-electron chi connectivity index (χ1n) is 9.92. The minimum atomic E-state index is -0.376. The van der Waals surface area contributed by atoms with Crippen molar-refractivity contribution in [3.05, 3.63) is 89.9 Å². The Morgan fingerprint density at radius 2 is 1.57 bits per heavy atom. The maximum Gasteiger partial charge on any atom is 0.251 e. The van der Waals surface area contributed by atoms with Crippen LogP contribution in [0.25, 0.3) is 0 Å². The van der Waals surface area contributed by atoms with Gasteiger partial charge in [-0.1, -0.05) is 0 Å². The van der Waals surface area contributed by atoms with E-state index in [0.29, 0.717) is 12.1 Å². The molecule has 1 amide bonds. The van der Waals surface area contributed by atoms with Gasteiger partial charge in [0.2, 0.25) is 0 Å². The van der Waals surface area contributed by atoms with Crippen molar-refractivity contribution in [3.8, 4) is 0 Å². The molecule has 3 aromatic rings. The fraction of sp³-hybridized carbons (Fsp3) is 0.261. The summed E-state index contributed by atoms with van der Waals surface area (Å²) < 4.78 is 31.9. The molecule has 0 aliphatic carbocycles. The van der Waals surface area contributed by atoms with Crippen LogP contribution < -0.4 is 10.2 Å². The molecule has 1 N–H and O–H groups in total. The summed E-state index contributed by atoms with van der Waals surface area (Å²) in [5.41, 5.74) is 1.41. The molecule has 2 heterocycles. The van der Waals surface area contributed by atoms with Gasteiger partial charge in [-0.15, -0.1) is 0 Å². The van der Waals surface area contributed by atoms with Gasteiger partial charge in [0.1, 0.15) is 17.4 Å². The molecule has 0 unspecified atom stereocenters. The minimum Gasteiger partial charge on any atom is -0.468 e. The van der Waals surface area contributed by atoms with E-state index in [9.17, 15) is 13.6 Å². The molecule has 1 aromatic heterocycles. The summed E-state index contributed by atoms with van der Waals surface area (Å²) in [6.07, 6.45) is 1.62. The molecule has 2 aromatic carbocycles. The van der Waals surface area contributed by atoms with Crippen molar-refractivity contribution in [2.45, 2.75) is 6.04 Å². The third-order valence-electron chi connectivity index (χ3n) is 5.38. The first kappa shape index (κ1) is 20.1. The van der Waals surface area contributed by atoms with Crippen LogP contribution in [0.15, 0.2) is 71.3 Å². The lowest BCUT2D eigenvalue weighted by Crippen LogP contribution is -2.49. The molecular weight excluding hydrogens is 388 g/mol. The number of carbonyl (C=O) groups is 1. The van der Waals surface area contributed by atoms with Crippen molar-refractivity contribution in [1.29, 1.82) is 0 Å². The van der Waals surface area contributed by atoms with Crippen molar-refractivity contribution in [1.82, 2.24) is 10.2 Å². The highest BCUT2D eigenvalue weighted by Gasteiger charge is 2.27. The lowest BCUT2D eigenvalue weighted by molar-refractivity contribution is 0.0923. The number of nitrogens with zero attached hydrogens (tertiary/aromatic N) is 2. The summed E-state index contributed by atoms with van der Waals surface area (Å²) in [4.78, 5) is 16.9. The van der Waals surface area contributed by atoms with Crippen LogP contribution in [0.1, 0.15) is 22.2 Å². The van der Waals surface area contributed by atoms with Gasteiger partial charge in [0.25, 0.3) is 5.91 Å². The number of rotatable bonds is 6. The Bertz CT molecular complexity index is 951. The first-order valence-corrected chi connectivity index (χ1v) is 9.92. The van der Waals surface area contributed by atoms with Crippen LogP contribution in [-0.4, -0.2) is 43.5 Å². The Balaban J connectivity index is 1.40. The molecule has 0 spiro atoms. The Morgan fingerprint density at radius 1 is 0.933 bits per heavy atom. The second-order valence-corrected chi connectivity index (χ2v) is 7.25. The van der Waals surface area contributed by atoms with Crippen molar-refractivity contribution >= 4 is 11.6 Å². The number of halogens is 2. The Hall–Kier alpha value is -3.19. The van der Waals surface area contributed by atoms with E-state index < -0.39 is 0 Å². The van der Waals surface area contributed by atoms with Gasteiger partial charge in [0, 0.05) is 44.0 Å². The molecule has 0 bridgehead atoms. The van der Waals surface area contributed by atoms with Gasteiger partial charge >= 0.3 is 0 Å². The van der Waals surface area contributed by atoms with Crippen LogP contribution in [0.4, 0.5) is 14.5 Å². The van der Waals surface area contributed by atoms with Gasteiger partial charge in [-0.25, -0.2) is 8.78 Å². The maximum atomic E-state index is 13.2. The highest BCUT2D eigenvalue weighted by Crippen LogP contribution is 2.24. The second kappa shape index (κ2) is 9.09. The molecule has 1 aliphatic rings. The standard InChI is InChI=1S/C23H23F2N3O2/c24-18-5-3-17(4-6-18)23(29)26-16-21(22-2-1-15-30-22)28-13-11-27(12-14-28)20-9-7-19(25)8-10-20/h1-10,15,21H,11-14,16H2,(H,26,29)/t21-/m1/s1. The Labute approximate surface area is 173 Å². The fourth-order valence-corrected chi connectivity index (χ4v) is 3.73. The van der Waals surface area contributed by atoms with E-state index in [1.807, 2.05) is 12.1 Å². The number of hydrogen-bond acceptors (Lipinski definition) is 4. The molecule has 156 valence electrons. The van der Waals surface area contributed by atoms with Crippen LogP contribution >= 0.6 is 0 Å². The monoisotopic (exact) mass is 411 g/mol. The summed E-state index contributed by atoms with van der Waals surface area (Å²) in [7, 11) is 0. The van der Waals surface area contributed by atoms with Crippen LogP contribution in [0.3, 0.4) is 0 Å². The minimum absolute atomic E-state index is 0.111. The zero-order valence-corrected chi connectivity index (χ0v) is 16.4. The summed E-state index contributed by atoms with van der Waals surface area (Å²) in [5, 5.41) is 2.93. The van der Waals surface area contributed by atoms with E-state index in [4.69, 9.17) is 4.42 Å². The molecule has 1 fully saturated rings. The van der Waals surface area contributed by atoms with E-state index in [2.05, 4.69) is 15.1 Å². The zero-order valence-electron chi connectivity index (χ0n) is 16.4. The Morgan fingerprint density at radius 3 is 2.17 bits per heavy atom. The summed E-state index contributed by atoms with van der Waals surface area (Å²) >= 11 is 0. The van der Waals surface area contributed by atoms with Gasteiger partial charge in [-0.3, -0.25) is 9.69 Å². The van der Waals surface area contributed by atoms with Gasteiger partial charge < -0.3 is 14.6 Å². The highest BCUT2D eigenvalue weighted by molar-refractivity contribution is 5.94. The van der Waals surface area contributed by atoms with E-state index in [1.165, 1.54) is 36.4 Å². The van der Waals surface area contributed by atoms with Crippen molar-refractivity contribution in [3.63, 3.8) is 0 Å². The highest BCUT2D eigenvalue weighted by atomic mass is 19.1. The number of amides is 1. The molecule has 30 heavy (non-hydrogen) atoms. The predicted octanol–water partition coefficient (Wildman–Crippen LogP) is 3.85. The SMILES string of the molecule is O=C(NC[C@H](c1ccco1)N1CCN(c2ccc(F)cc2)CC1)c1ccc(F)cc1. The number of carbonyl (C=O) groups excluding carboxylic acids is 1. The van der Waals surface area contributed by atoms with Gasteiger partial charge in [-0.2, -0.15) is 0 Å². The number of piperazine rings is 1. The molecule has 1 aliphatic heterocycles. The summed E-state index contributed by atoms with van der Waals surface area (Å²) in [5.74, 6) is -0.0904. The summed E-state index contributed by atoms with van der Waals surface area (Å²) in [6.45, 7) is 3.49. The number of benzene rings is 2. The van der Waals surface area contributed by atoms with E-state index in [0.717, 1.165) is 37.6 Å². The zero-order chi connectivity index (χ0) is 20.9. The quantitative estimate of drug-likeness (QED) is 0.669. The van der Waals surface area contributed by atoms with E-state index in [1.54, 1.807) is 18.4 Å². The first-order chi connectivity index (χ1) is 14.6. The van der Waals surface area contributed by atoms with Crippen LogP contribution in [-0.2, 0) is 0 Å². The van der Waals surface area contributed by atoms with Crippen molar-refractivity contribution in [2.75, 3.05) is 37.6 Å². The molecular formula is C23H23F2N3O2. The normalized spacial score (nSPS) is 15.7.